The highest BCUT2D eigenvalue weighted by molar-refractivity contribution is 5.94. The van der Waals surface area contributed by atoms with Gasteiger partial charge in [-0.3, -0.25) is 14.9 Å². The topological polar surface area (TPSA) is 140 Å². The second-order valence-corrected chi connectivity index (χ2v) is 5.28. The number of aliphatic carboxylic acids is 1. The number of carboxylic acid groups (broad SMARTS) is 1. The molecule has 10 heteroatoms. The summed E-state index contributed by atoms with van der Waals surface area (Å²) in [6, 6.07) is 6.39. The van der Waals surface area contributed by atoms with Crippen LogP contribution in [0.3, 0.4) is 0 Å². The molecular formula is C16H16N4O6. The molecule has 0 bridgehead atoms. The number of esters is 1. The monoisotopic (exact) mass is 360 g/mol. The Bertz CT molecular complexity index is 984. The summed E-state index contributed by atoms with van der Waals surface area (Å²) in [4.78, 5) is 38.4. The van der Waals surface area contributed by atoms with E-state index in [-0.39, 0.29) is 5.69 Å². The highest BCUT2D eigenvalue weighted by Gasteiger charge is 2.16. The Kier molecular flexibility index (Phi) is 5.36. The predicted octanol–water partition coefficient (Wildman–Crippen LogP) is 2.35. The molecule has 0 amide bonds. The number of nitrogens with zero attached hydrogens (tertiary/aromatic N) is 3. The molecular weight excluding hydrogens is 344 g/mol. The van der Waals surface area contributed by atoms with E-state index in [4.69, 9.17) is 9.90 Å². The van der Waals surface area contributed by atoms with Crippen LogP contribution in [0.25, 0.3) is 22.6 Å². The molecule has 26 heavy (non-hydrogen) atoms. The molecule has 0 aliphatic carbocycles. The first-order valence-electron chi connectivity index (χ1n) is 7.31. The molecule has 3 rings (SSSR count). The van der Waals surface area contributed by atoms with Gasteiger partial charge in [-0.1, -0.05) is 0 Å². The lowest BCUT2D eigenvalue weighted by Gasteiger charge is -1.97. The molecule has 0 aliphatic rings. The number of carboxylic acids is 1. The van der Waals surface area contributed by atoms with Gasteiger partial charge in [-0.2, -0.15) is 0 Å². The first kappa shape index (κ1) is 18.6. The maximum absolute atomic E-state index is 11.5. The zero-order valence-electron chi connectivity index (χ0n) is 14.2. The van der Waals surface area contributed by atoms with E-state index in [1.807, 2.05) is 0 Å². The quantitative estimate of drug-likeness (QED) is 0.415. The lowest BCUT2D eigenvalue weighted by atomic mass is 10.2. The third kappa shape index (κ3) is 4.04. The number of aromatic amines is 1. The molecule has 0 spiro atoms. The first-order chi connectivity index (χ1) is 12.2. The lowest BCUT2D eigenvalue weighted by Crippen LogP contribution is -2.00. The van der Waals surface area contributed by atoms with Crippen molar-refractivity contribution in [3.05, 3.63) is 46.1 Å². The highest BCUT2D eigenvalue weighted by Crippen LogP contribution is 2.26. The SMILES string of the molecule is CC(=O)O.COC(=O)c1ccc2nc(-c3cc([N+](=O)[O-])cn3C)[nH]c2c1. The summed E-state index contributed by atoms with van der Waals surface area (Å²) in [5.41, 5.74) is 2.30. The summed E-state index contributed by atoms with van der Waals surface area (Å²) in [6.07, 6.45) is 1.42. The Labute approximate surface area is 147 Å². The second-order valence-electron chi connectivity index (χ2n) is 5.28. The number of benzene rings is 1. The van der Waals surface area contributed by atoms with Crippen molar-refractivity contribution in [3.63, 3.8) is 0 Å². The van der Waals surface area contributed by atoms with E-state index < -0.39 is 16.9 Å². The molecule has 2 N–H and O–H groups in total. The number of rotatable bonds is 3. The Hall–Kier alpha value is -3.69. The first-order valence-corrected chi connectivity index (χ1v) is 7.31. The Morgan fingerprint density at radius 2 is 2.00 bits per heavy atom. The molecule has 10 nitrogen and oxygen atoms in total. The Morgan fingerprint density at radius 3 is 2.54 bits per heavy atom. The van der Waals surface area contributed by atoms with Crippen LogP contribution >= 0.6 is 0 Å². The number of carbonyl (C=O) groups is 2. The lowest BCUT2D eigenvalue weighted by molar-refractivity contribution is -0.384. The molecule has 1 aromatic carbocycles. The van der Waals surface area contributed by atoms with Crippen LogP contribution in [0.5, 0.6) is 0 Å². The zero-order chi connectivity index (χ0) is 19.4. The van der Waals surface area contributed by atoms with E-state index in [1.165, 1.54) is 19.4 Å². The van der Waals surface area contributed by atoms with Crippen LogP contribution in [0.15, 0.2) is 30.5 Å². The largest absolute Gasteiger partial charge is 0.481 e. The minimum absolute atomic E-state index is 0.00629. The van der Waals surface area contributed by atoms with Crippen LogP contribution < -0.4 is 0 Å². The minimum Gasteiger partial charge on any atom is -0.481 e. The number of fused-ring (bicyclic) bond motifs is 1. The van der Waals surface area contributed by atoms with Gasteiger partial charge in [-0.25, -0.2) is 9.78 Å². The number of aromatic nitrogens is 3. The third-order valence-electron chi connectivity index (χ3n) is 3.35. The summed E-state index contributed by atoms with van der Waals surface area (Å²) in [7, 11) is 3.02. The van der Waals surface area contributed by atoms with Crippen LogP contribution in [0, 0.1) is 10.1 Å². The molecule has 3 aromatic rings. The molecule has 0 fully saturated rings. The van der Waals surface area contributed by atoms with Gasteiger partial charge in [0.25, 0.3) is 11.7 Å². The summed E-state index contributed by atoms with van der Waals surface area (Å²) < 4.78 is 6.30. The normalized spacial score (nSPS) is 10.1. The van der Waals surface area contributed by atoms with Gasteiger partial charge in [-0.05, 0) is 18.2 Å². The zero-order valence-corrected chi connectivity index (χ0v) is 14.2. The molecule has 0 saturated carbocycles. The van der Waals surface area contributed by atoms with Gasteiger partial charge < -0.3 is 19.4 Å². The standard InChI is InChI=1S/C14H12N4O4.C2H4O2/c1-17-7-9(18(20)21)6-12(17)13-15-10-4-3-8(14(19)22-2)5-11(10)16-13;1-2(3)4/h3-7H,1-2H3,(H,15,16);1H3,(H,3,4). The summed E-state index contributed by atoms with van der Waals surface area (Å²) in [5, 5.41) is 18.2. The van der Waals surface area contributed by atoms with Crippen molar-refractivity contribution < 1.29 is 24.4 Å². The van der Waals surface area contributed by atoms with Gasteiger partial charge in [-0.15, -0.1) is 0 Å². The van der Waals surface area contributed by atoms with Crippen LogP contribution in [0.1, 0.15) is 17.3 Å². The number of ether oxygens (including phenoxy) is 1. The molecule has 0 atom stereocenters. The van der Waals surface area contributed by atoms with Gasteiger partial charge in [0.2, 0.25) is 0 Å². The van der Waals surface area contributed by atoms with E-state index in [1.54, 1.807) is 29.8 Å². The highest BCUT2D eigenvalue weighted by atomic mass is 16.6. The molecule has 0 aliphatic heterocycles. The number of nitro groups is 1. The van der Waals surface area contributed by atoms with Crippen molar-refractivity contribution in [1.29, 1.82) is 0 Å². The van der Waals surface area contributed by atoms with Crippen molar-refractivity contribution in [1.82, 2.24) is 14.5 Å². The number of imidazole rings is 1. The minimum atomic E-state index is -0.833. The van der Waals surface area contributed by atoms with E-state index in [2.05, 4.69) is 14.7 Å². The number of hydrogen-bond acceptors (Lipinski definition) is 6. The maximum Gasteiger partial charge on any atom is 0.337 e. The number of aryl methyl sites for hydroxylation is 1. The van der Waals surface area contributed by atoms with E-state index >= 15 is 0 Å². The van der Waals surface area contributed by atoms with Gasteiger partial charge in [0.05, 0.1) is 40.5 Å². The fourth-order valence-electron chi connectivity index (χ4n) is 2.26. The summed E-state index contributed by atoms with van der Waals surface area (Å²) >= 11 is 0. The maximum atomic E-state index is 11.5. The van der Waals surface area contributed by atoms with Crippen molar-refractivity contribution >= 4 is 28.7 Å². The summed E-state index contributed by atoms with van der Waals surface area (Å²) in [5.74, 6) is -0.778. The molecule has 0 saturated heterocycles. The number of carbonyl (C=O) groups excluding carboxylic acids is 1. The average Bonchev–Trinajstić information content (AvgIpc) is 3.15. The molecule has 2 heterocycles. The number of methoxy groups -OCH3 is 1. The van der Waals surface area contributed by atoms with Crippen molar-refractivity contribution in [2.45, 2.75) is 6.92 Å². The van der Waals surface area contributed by atoms with Gasteiger partial charge in [0.1, 0.15) is 0 Å². The number of nitrogens with one attached hydrogen (secondary N) is 1. The number of H-pyrrole nitrogens is 1. The fourth-order valence-corrected chi connectivity index (χ4v) is 2.26. The van der Waals surface area contributed by atoms with Crippen LogP contribution in [-0.4, -0.2) is 43.6 Å². The predicted molar refractivity (Wildman–Crippen MR) is 91.8 cm³/mol. The molecule has 136 valence electrons. The molecule has 2 aromatic heterocycles. The van der Waals surface area contributed by atoms with E-state index in [9.17, 15) is 14.9 Å². The van der Waals surface area contributed by atoms with E-state index in [0.29, 0.717) is 28.1 Å². The van der Waals surface area contributed by atoms with Crippen molar-refractivity contribution in [3.8, 4) is 11.5 Å². The summed E-state index contributed by atoms with van der Waals surface area (Å²) in [6.45, 7) is 1.08. The number of hydrogen-bond donors (Lipinski definition) is 2. The van der Waals surface area contributed by atoms with Gasteiger partial charge >= 0.3 is 5.97 Å². The van der Waals surface area contributed by atoms with Crippen molar-refractivity contribution in [2.24, 2.45) is 7.05 Å². The van der Waals surface area contributed by atoms with Gasteiger partial charge in [0, 0.05) is 20.0 Å². The van der Waals surface area contributed by atoms with Crippen LogP contribution in [0.2, 0.25) is 0 Å². The smallest absolute Gasteiger partial charge is 0.337 e. The van der Waals surface area contributed by atoms with Crippen molar-refractivity contribution in [2.75, 3.05) is 7.11 Å². The molecule has 0 unspecified atom stereocenters. The van der Waals surface area contributed by atoms with Gasteiger partial charge in [0.15, 0.2) is 5.82 Å². The van der Waals surface area contributed by atoms with E-state index in [0.717, 1.165) is 6.92 Å². The average molecular weight is 360 g/mol. The van der Waals surface area contributed by atoms with Crippen LogP contribution in [0.4, 0.5) is 5.69 Å². The molecule has 0 radical (unpaired) electrons. The third-order valence-corrected chi connectivity index (χ3v) is 3.35. The second kappa shape index (κ2) is 7.47. The van der Waals surface area contributed by atoms with Crippen LogP contribution in [-0.2, 0) is 16.6 Å². The Morgan fingerprint density at radius 1 is 1.35 bits per heavy atom. The Balaban J connectivity index is 0.000000552. The fraction of sp³-hybridized carbons (Fsp3) is 0.188.